The van der Waals surface area contributed by atoms with E-state index in [2.05, 4.69) is 29.0 Å². The number of benzene rings is 1. The van der Waals surface area contributed by atoms with Crippen LogP contribution in [-0.2, 0) is 11.3 Å². The van der Waals surface area contributed by atoms with E-state index in [0.717, 1.165) is 30.1 Å². The molecule has 0 aliphatic rings. The smallest absolute Gasteiger partial charge is 0.225 e. The molecule has 6 heteroatoms. The van der Waals surface area contributed by atoms with Crippen molar-refractivity contribution in [2.75, 3.05) is 17.6 Å². The van der Waals surface area contributed by atoms with Crippen molar-refractivity contribution in [3.8, 4) is 0 Å². The van der Waals surface area contributed by atoms with E-state index < -0.39 is 0 Å². The minimum atomic E-state index is 0.0358. The lowest BCUT2D eigenvalue weighted by molar-refractivity contribution is -0.117. The number of nitrogens with zero attached hydrogens (tertiary/aromatic N) is 2. The molecule has 2 rings (SSSR count). The normalized spacial score (nSPS) is 12.3. The van der Waals surface area contributed by atoms with Gasteiger partial charge in [0.15, 0.2) is 5.13 Å². The van der Waals surface area contributed by atoms with Gasteiger partial charge in [0.1, 0.15) is 0 Å². The number of nitrogens with two attached hydrogens (primary N) is 1. The van der Waals surface area contributed by atoms with Crippen molar-refractivity contribution < 1.29 is 4.79 Å². The number of hydrogen-bond donors (Lipinski definition) is 2. The summed E-state index contributed by atoms with van der Waals surface area (Å²) in [5.41, 5.74) is 6.53. The molecule has 1 aromatic carbocycles. The minimum absolute atomic E-state index is 0.0358. The quantitative estimate of drug-likeness (QED) is 0.777. The SMILES string of the molecule is CCCN(Cc1cnc(N)s1)C(C)CC(=O)Nc1ccccc1. The first-order chi connectivity index (χ1) is 11.1. The molecule has 0 radical (unpaired) electrons. The van der Waals surface area contributed by atoms with Gasteiger partial charge < -0.3 is 11.1 Å². The van der Waals surface area contributed by atoms with Gasteiger partial charge in [-0.15, -0.1) is 11.3 Å². The predicted octanol–water partition coefficient (Wildman–Crippen LogP) is 3.35. The molecular weight excluding hydrogens is 308 g/mol. The molecule has 0 aliphatic carbocycles. The predicted molar refractivity (Wildman–Crippen MR) is 96.4 cm³/mol. The highest BCUT2D eigenvalue weighted by atomic mass is 32.1. The number of nitrogens with one attached hydrogen (secondary N) is 1. The Morgan fingerprint density at radius 1 is 1.39 bits per heavy atom. The van der Waals surface area contributed by atoms with E-state index in [1.165, 1.54) is 11.3 Å². The maximum absolute atomic E-state index is 12.2. The third-order valence-corrected chi connectivity index (χ3v) is 4.41. The number of thiazole rings is 1. The standard InChI is InChI=1S/C17H24N4OS/c1-3-9-21(12-15-11-19-17(18)23-15)13(2)10-16(22)20-14-7-5-4-6-8-14/h4-8,11,13H,3,9-10,12H2,1-2H3,(H2,18,19)(H,20,22). The first-order valence-electron chi connectivity index (χ1n) is 7.87. The third-order valence-electron chi connectivity index (χ3n) is 3.60. The number of amides is 1. The molecule has 0 saturated heterocycles. The number of carbonyl (C=O) groups excluding carboxylic acids is 1. The van der Waals surface area contributed by atoms with Crippen LogP contribution in [0.3, 0.4) is 0 Å². The number of anilines is 2. The van der Waals surface area contributed by atoms with Crippen LogP contribution in [0.25, 0.3) is 0 Å². The molecule has 2 aromatic rings. The lowest BCUT2D eigenvalue weighted by Crippen LogP contribution is -2.36. The molecule has 1 heterocycles. The van der Waals surface area contributed by atoms with Crippen LogP contribution in [0, 0.1) is 0 Å². The van der Waals surface area contributed by atoms with Gasteiger partial charge in [0, 0.05) is 35.8 Å². The highest BCUT2D eigenvalue weighted by Crippen LogP contribution is 2.19. The molecule has 0 fully saturated rings. The zero-order valence-corrected chi connectivity index (χ0v) is 14.5. The summed E-state index contributed by atoms with van der Waals surface area (Å²) in [4.78, 5) is 19.8. The second-order valence-electron chi connectivity index (χ2n) is 5.60. The number of rotatable bonds is 8. The van der Waals surface area contributed by atoms with E-state index in [4.69, 9.17) is 5.73 Å². The summed E-state index contributed by atoms with van der Waals surface area (Å²) in [6.07, 6.45) is 3.32. The number of hydrogen-bond acceptors (Lipinski definition) is 5. The first-order valence-corrected chi connectivity index (χ1v) is 8.69. The fourth-order valence-electron chi connectivity index (χ4n) is 2.47. The molecule has 0 aliphatic heterocycles. The fraction of sp³-hybridized carbons (Fsp3) is 0.412. The zero-order chi connectivity index (χ0) is 16.7. The van der Waals surface area contributed by atoms with Gasteiger partial charge in [-0.1, -0.05) is 25.1 Å². The summed E-state index contributed by atoms with van der Waals surface area (Å²) in [5, 5.41) is 3.53. The van der Waals surface area contributed by atoms with Crippen molar-refractivity contribution in [1.82, 2.24) is 9.88 Å². The van der Waals surface area contributed by atoms with Gasteiger partial charge in [-0.3, -0.25) is 9.69 Å². The molecule has 1 amide bonds. The second-order valence-corrected chi connectivity index (χ2v) is 6.75. The van der Waals surface area contributed by atoms with Crippen molar-refractivity contribution in [3.63, 3.8) is 0 Å². The minimum Gasteiger partial charge on any atom is -0.375 e. The lowest BCUT2D eigenvalue weighted by atomic mass is 10.1. The van der Waals surface area contributed by atoms with Crippen molar-refractivity contribution in [2.24, 2.45) is 0 Å². The maximum Gasteiger partial charge on any atom is 0.225 e. The van der Waals surface area contributed by atoms with E-state index in [1.807, 2.05) is 36.5 Å². The molecule has 0 bridgehead atoms. The largest absolute Gasteiger partial charge is 0.375 e. The number of nitrogen functional groups attached to an aromatic ring is 1. The van der Waals surface area contributed by atoms with Gasteiger partial charge in [0.2, 0.25) is 5.91 Å². The van der Waals surface area contributed by atoms with Gasteiger partial charge in [0.05, 0.1) is 0 Å². The lowest BCUT2D eigenvalue weighted by Gasteiger charge is -2.27. The van der Waals surface area contributed by atoms with Gasteiger partial charge in [-0.25, -0.2) is 4.98 Å². The summed E-state index contributed by atoms with van der Waals surface area (Å²) >= 11 is 1.51. The Morgan fingerprint density at radius 3 is 2.74 bits per heavy atom. The summed E-state index contributed by atoms with van der Waals surface area (Å²) in [7, 11) is 0. The van der Waals surface area contributed by atoms with Crippen LogP contribution in [0.1, 0.15) is 31.6 Å². The summed E-state index contributed by atoms with van der Waals surface area (Å²) < 4.78 is 0. The summed E-state index contributed by atoms with van der Waals surface area (Å²) in [6, 6.07) is 9.70. The van der Waals surface area contributed by atoms with Crippen LogP contribution >= 0.6 is 11.3 Å². The average molecular weight is 332 g/mol. The number of para-hydroxylation sites is 1. The molecule has 124 valence electrons. The van der Waals surface area contributed by atoms with Crippen LogP contribution in [0.4, 0.5) is 10.8 Å². The Labute approximate surface area is 141 Å². The average Bonchev–Trinajstić information content (AvgIpc) is 2.93. The molecule has 0 saturated carbocycles. The van der Waals surface area contributed by atoms with E-state index in [-0.39, 0.29) is 11.9 Å². The molecular formula is C17H24N4OS. The number of carbonyl (C=O) groups is 1. The van der Waals surface area contributed by atoms with Crippen molar-refractivity contribution >= 4 is 28.1 Å². The van der Waals surface area contributed by atoms with Gasteiger partial charge in [-0.2, -0.15) is 0 Å². The Morgan fingerprint density at radius 2 is 2.13 bits per heavy atom. The van der Waals surface area contributed by atoms with Crippen LogP contribution in [0.5, 0.6) is 0 Å². The molecule has 3 N–H and O–H groups in total. The highest BCUT2D eigenvalue weighted by Gasteiger charge is 2.18. The van der Waals surface area contributed by atoms with Crippen LogP contribution in [0.2, 0.25) is 0 Å². The maximum atomic E-state index is 12.2. The van der Waals surface area contributed by atoms with Crippen molar-refractivity contribution in [1.29, 1.82) is 0 Å². The summed E-state index contributed by atoms with van der Waals surface area (Å²) in [6.45, 7) is 5.95. The fourth-order valence-corrected chi connectivity index (χ4v) is 3.18. The van der Waals surface area contributed by atoms with E-state index >= 15 is 0 Å². The van der Waals surface area contributed by atoms with Crippen molar-refractivity contribution in [3.05, 3.63) is 41.4 Å². The topological polar surface area (TPSA) is 71.2 Å². The number of aromatic nitrogens is 1. The molecule has 1 unspecified atom stereocenters. The molecule has 1 aromatic heterocycles. The highest BCUT2D eigenvalue weighted by molar-refractivity contribution is 7.15. The first kappa shape index (κ1) is 17.4. The molecule has 0 spiro atoms. The van der Waals surface area contributed by atoms with Crippen LogP contribution in [-0.4, -0.2) is 28.4 Å². The molecule has 1 atom stereocenters. The molecule has 5 nitrogen and oxygen atoms in total. The second kappa shape index (κ2) is 8.64. The van der Waals surface area contributed by atoms with Gasteiger partial charge in [0.25, 0.3) is 0 Å². The van der Waals surface area contributed by atoms with E-state index in [9.17, 15) is 4.79 Å². The Hall–Kier alpha value is -1.92. The van der Waals surface area contributed by atoms with E-state index in [0.29, 0.717) is 11.6 Å². The zero-order valence-electron chi connectivity index (χ0n) is 13.7. The Bertz CT molecular complexity index is 614. The van der Waals surface area contributed by atoms with Crippen molar-refractivity contribution in [2.45, 2.75) is 39.3 Å². The van der Waals surface area contributed by atoms with Gasteiger partial charge in [-0.05, 0) is 32.0 Å². The van der Waals surface area contributed by atoms with Gasteiger partial charge >= 0.3 is 0 Å². The monoisotopic (exact) mass is 332 g/mol. The van der Waals surface area contributed by atoms with E-state index in [1.54, 1.807) is 0 Å². The van der Waals surface area contributed by atoms with Crippen LogP contribution < -0.4 is 11.1 Å². The summed E-state index contributed by atoms with van der Waals surface area (Å²) in [5.74, 6) is 0.0358. The molecule has 23 heavy (non-hydrogen) atoms. The third kappa shape index (κ3) is 5.65. The Kier molecular flexibility index (Phi) is 6.55. The van der Waals surface area contributed by atoms with Crippen LogP contribution in [0.15, 0.2) is 36.5 Å². The Balaban J connectivity index is 1.91.